The van der Waals surface area contributed by atoms with Gasteiger partial charge >= 0.3 is 0 Å². The first-order valence-electron chi connectivity index (χ1n) is 15.4. The molecule has 0 amide bonds. The molecule has 0 saturated carbocycles. The molecular weight excluding hydrogens is 595 g/mol. The monoisotopic (exact) mass is 625 g/mol. The van der Waals surface area contributed by atoms with Crippen molar-refractivity contribution in [3.05, 3.63) is 192 Å². The molecule has 220 valence electrons. The first kappa shape index (κ1) is 28.3. The molecule has 0 radical (unpaired) electrons. The maximum Gasteiger partial charge on any atom is 0.0538 e. The molecule has 2 heterocycles. The Balaban J connectivity index is 1.39. The average Bonchev–Trinajstić information content (AvgIpc) is 3.40. The van der Waals surface area contributed by atoms with E-state index in [1.807, 2.05) is 0 Å². The highest BCUT2D eigenvalue weighted by Crippen LogP contribution is 2.75. The highest BCUT2D eigenvalue weighted by molar-refractivity contribution is 8.51. The number of fused-ring (bicyclic) bond motifs is 2. The third kappa shape index (κ3) is 5.07. The van der Waals surface area contributed by atoms with E-state index in [1.165, 1.54) is 53.0 Å². The predicted molar refractivity (Wildman–Crippen MR) is 200 cm³/mol. The standard InChI is InChI=1S/C43H31NS2/c1-46(29-28-31-26-27-39-37(30-31)44-36-24-14-15-25-38(36)45-39)42(34-20-10-4-11-21-34)40(32-16-6-2-7-17-32)41(33-18-8-3-9-19-33)43(46)35-22-12-5-13-23-35/h2-27,30,44H,1H3. The van der Waals surface area contributed by atoms with Gasteiger partial charge in [0.05, 0.1) is 11.4 Å². The van der Waals surface area contributed by atoms with Gasteiger partial charge in [0.1, 0.15) is 0 Å². The zero-order valence-corrected chi connectivity index (χ0v) is 27.0. The van der Waals surface area contributed by atoms with Gasteiger partial charge < -0.3 is 5.32 Å². The van der Waals surface area contributed by atoms with Crippen LogP contribution < -0.4 is 5.32 Å². The van der Waals surface area contributed by atoms with E-state index in [0.29, 0.717) is 0 Å². The van der Waals surface area contributed by atoms with Crippen LogP contribution in [0.5, 0.6) is 0 Å². The van der Waals surface area contributed by atoms with E-state index < -0.39 is 10.0 Å². The van der Waals surface area contributed by atoms with E-state index in [1.54, 1.807) is 11.8 Å². The lowest BCUT2D eigenvalue weighted by Gasteiger charge is -2.33. The molecule has 46 heavy (non-hydrogen) atoms. The van der Waals surface area contributed by atoms with Crippen LogP contribution in [0.4, 0.5) is 11.4 Å². The number of benzene rings is 6. The number of nitrogens with one attached hydrogen (secondary N) is 1. The zero-order chi connectivity index (χ0) is 30.9. The fourth-order valence-electron chi connectivity index (χ4n) is 6.42. The maximum atomic E-state index is 3.98. The highest BCUT2D eigenvalue weighted by Gasteiger charge is 2.41. The van der Waals surface area contributed by atoms with Crippen LogP contribution in [-0.2, 0) is 0 Å². The number of rotatable bonds is 4. The van der Waals surface area contributed by atoms with Crippen molar-refractivity contribution < 1.29 is 0 Å². The molecule has 2 aliphatic rings. The van der Waals surface area contributed by atoms with Crippen LogP contribution in [-0.4, -0.2) is 6.26 Å². The van der Waals surface area contributed by atoms with E-state index in [2.05, 4.69) is 187 Å². The third-order valence-electron chi connectivity index (χ3n) is 8.47. The quantitative estimate of drug-likeness (QED) is 0.195. The molecule has 1 nitrogen and oxygen atoms in total. The predicted octanol–water partition coefficient (Wildman–Crippen LogP) is 11.8. The van der Waals surface area contributed by atoms with Crippen molar-refractivity contribution in [3.63, 3.8) is 0 Å². The van der Waals surface area contributed by atoms with Crippen LogP contribution in [0.1, 0.15) is 27.8 Å². The fraction of sp³-hybridized carbons (Fsp3) is 0.0233. The van der Waals surface area contributed by atoms with E-state index in [-0.39, 0.29) is 0 Å². The molecule has 6 aromatic rings. The minimum absolute atomic E-state index is 1.01. The van der Waals surface area contributed by atoms with Gasteiger partial charge in [0.2, 0.25) is 0 Å². The van der Waals surface area contributed by atoms with Crippen LogP contribution in [0.15, 0.2) is 174 Å². The fourth-order valence-corrected chi connectivity index (χ4v) is 10.6. The van der Waals surface area contributed by atoms with Crippen LogP contribution >= 0.6 is 21.8 Å². The Morgan fingerprint density at radius 2 is 0.935 bits per heavy atom. The minimum Gasteiger partial charge on any atom is -0.354 e. The second kappa shape index (κ2) is 12.0. The van der Waals surface area contributed by atoms with Crippen molar-refractivity contribution in [2.24, 2.45) is 0 Å². The Kier molecular flexibility index (Phi) is 7.39. The average molecular weight is 626 g/mol. The molecule has 0 saturated heterocycles. The van der Waals surface area contributed by atoms with Crippen molar-refractivity contribution in [2.45, 2.75) is 9.79 Å². The maximum absolute atomic E-state index is 3.98. The summed E-state index contributed by atoms with van der Waals surface area (Å²) in [5.41, 5.74) is 10.6. The van der Waals surface area contributed by atoms with Crippen molar-refractivity contribution in [2.75, 3.05) is 11.6 Å². The summed E-state index contributed by atoms with van der Waals surface area (Å²) < 4.78 is 0. The molecule has 6 aromatic carbocycles. The Morgan fingerprint density at radius 1 is 0.478 bits per heavy atom. The SMILES string of the molecule is CS1(C#Cc2ccc3c(c2)Nc2ccccc2S3)C(c2ccccc2)=C(c2ccccc2)C(c2ccccc2)=C1c1ccccc1. The molecule has 0 aliphatic carbocycles. The summed E-state index contributed by atoms with van der Waals surface area (Å²) in [7, 11) is -1.88. The van der Waals surface area contributed by atoms with E-state index in [9.17, 15) is 0 Å². The molecule has 0 fully saturated rings. The van der Waals surface area contributed by atoms with Gasteiger partial charge in [-0.1, -0.05) is 151 Å². The van der Waals surface area contributed by atoms with Crippen molar-refractivity contribution in [3.8, 4) is 11.2 Å². The summed E-state index contributed by atoms with van der Waals surface area (Å²) in [4.78, 5) is 5.08. The van der Waals surface area contributed by atoms with Gasteiger partial charge in [0.25, 0.3) is 0 Å². The first-order valence-corrected chi connectivity index (χ1v) is 18.2. The van der Waals surface area contributed by atoms with Crippen molar-refractivity contribution in [1.82, 2.24) is 0 Å². The topological polar surface area (TPSA) is 12.0 Å². The Morgan fingerprint density at radius 3 is 1.48 bits per heavy atom. The minimum atomic E-state index is -1.88. The summed E-state index contributed by atoms with van der Waals surface area (Å²) >= 11 is 1.80. The third-order valence-corrected chi connectivity index (χ3v) is 12.6. The summed E-state index contributed by atoms with van der Waals surface area (Å²) in [6.45, 7) is 0. The van der Waals surface area contributed by atoms with Crippen molar-refractivity contribution in [1.29, 1.82) is 0 Å². The van der Waals surface area contributed by atoms with E-state index in [0.717, 1.165) is 16.9 Å². The molecule has 0 unspecified atom stereocenters. The van der Waals surface area contributed by atoms with Gasteiger partial charge in [0, 0.05) is 36.3 Å². The summed E-state index contributed by atoms with van der Waals surface area (Å²) in [5, 5.41) is 7.62. The summed E-state index contributed by atoms with van der Waals surface area (Å²) in [6.07, 6.45) is 2.40. The molecule has 3 heteroatoms. The Hall–Kier alpha value is -5.14. The van der Waals surface area contributed by atoms with E-state index in [4.69, 9.17) is 0 Å². The second-order valence-electron chi connectivity index (χ2n) is 11.5. The van der Waals surface area contributed by atoms with Gasteiger partial charge in [-0.15, -0.1) is 10.0 Å². The van der Waals surface area contributed by atoms with Crippen LogP contribution in [0.2, 0.25) is 0 Å². The molecule has 1 N–H and O–H groups in total. The Labute approximate surface area is 277 Å². The number of hydrogen-bond acceptors (Lipinski definition) is 2. The lowest BCUT2D eigenvalue weighted by atomic mass is 9.89. The Bertz CT molecular complexity index is 2090. The highest BCUT2D eigenvalue weighted by atomic mass is 32.3. The number of anilines is 2. The van der Waals surface area contributed by atoms with E-state index >= 15 is 0 Å². The molecule has 0 bridgehead atoms. The molecule has 0 atom stereocenters. The van der Waals surface area contributed by atoms with Gasteiger partial charge in [-0.25, -0.2) is 0 Å². The van der Waals surface area contributed by atoms with Gasteiger partial charge in [-0.05, 0) is 64.1 Å². The van der Waals surface area contributed by atoms with Gasteiger partial charge in [0.15, 0.2) is 0 Å². The van der Waals surface area contributed by atoms with Crippen LogP contribution in [0, 0.1) is 11.2 Å². The second-order valence-corrected chi connectivity index (χ2v) is 15.4. The largest absolute Gasteiger partial charge is 0.354 e. The van der Waals surface area contributed by atoms with Crippen molar-refractivity contribution >= 4 is 54.1 Å². The number of para-hydroxylation sites is 1. The molecule has 0 aromatic heterocycles. The van der Waals surface area contributed by atoms with Crippen LogP contribution in [0.25, 0.3) is 21.0 Å². The first-order chi connectivity index (χ1) is 22.7. The number of hydrogen-bond donors (Lipinski definition) is 1. The van der Waals surface area contributed by atoms with Gasteiger partial charge in [-0.3, -0.25) is 0 Å². The molecule has 8 rings (SSSR count). The molecule has 2 aliphatic heterocycles. The smallest absolute Gasteiger partial charge is 0.0538 e. The molecular formula is C43H31NS2. The van der Waals surface area contributed by atoms with Crippen LogP contribution in [0.3, 0.4) is 0 Å². The number of allylic oxidation sites excluding steroid dienone is 2. The summed E-state index contributed by atoms with van der Waals surface area (Å²) in [6, 6.07) is 58.5. The zero-order valence-electron chi connectivity index (χ0n) is 25.4. The lowest BCUT2D eigenvalue weighted by Crippen LogP contribution is -2.01. The van der Waals surface area contributed by atoms with Gasteiger partial charge in [-0.2, -0.15) is 0 Å². The molecule has 0 spiro atoms. The normalized spacial score (nSPS) is 15.2. The summed E-state index contributed by atoms with van der Waals surface area (Å²) in [5.74, 6) is 3.71. The lowest BCUT2D eigenvalue weighted by molar-refractivity contribution is 1.31.